The third-order valence-corrected chi connectivity index (χ3v) is 3.16. The Morgan fingerprint density at radius 3 is 2.20 bits per heavy atom. The van der Waals surface area contributed by atoms with Crippen LogP contribution < -0.4 is 0 Å². The highest BCUT2D eigenvalue weighted by molar-refractivity contribution is 7.99. The van der Waals surface area contributed by atoms with Crippen LogP contribution in [0.3, 0.4) is 0 Å². The van der Waals surface area contributed by atoms with Crippen molar-refractivity contribution in [3.63, 3.8) is 0 Å². The van der Waals surface area contributed by atoms with Crippen LogP contribution in [-0.4, -0.2) is 41.1 Å². The van der Waals surface area contributed by atoms with Crippen LogP contribution in [0, 0.1) is 0 Å². The van der Waals surface area contributed by atoms with Crippen LogP contribution >= 0.6 is 11.8 Å². The molecule has 104 valence electrons. The lowest BCUT2D eigenvalue weighted by Gasteiger charge is -2.05. The molecular formula is C12H11N3O4S. The van der Waals surface area contributed by atoms with Gasteiger partial charge in [-0.25, -0.2) is 19.6 Å². The first-order valence-corrected chi connectivity index (χ1v) is 6.31. The van der Waals surface area contributed by atoms with Crippen LogP contribution in [0.1, 0.15) is 21.0 Å². The molecule has 0 spiro atoms. The van der Waals surface area contributed by atoms with E-state index in [-0.39, 0.29) is 11.4 Å². The Kier molecular flexibility index (Phi) is 4.36. The molecule has 7 nitrogen and oxygen atoms in total. The summed E-state index contributed by atoms with van der Waals surface area (Å²) < 4.78 is 9.22. The number of carbonyl (C=O) groups is 2. The maximum atomic E-state index is 11.6. The van der Waals surface area contributed by atoms with Crippen molar-refractivity contribution < 1.29 is 19.1 Å². The molecule has 0 aliphatic carbocycles. The number of nitrogens with zero attached hydrogens (tertiary/aromatic N) is 2. The molecule has 2 aromatic rings. The Morgan fingerprint density at radius 2 is 1.75 bits per heavy atom. The van der Waals surface area contributed by atoms with Crippen LogP contribution in [0.2, 0.25) is 0 Å². The minimum absolute atomic E-state index is 0.0319. The fraction of sp³-hybridized carbons (Fsp3) is 0.167. The Morgan fingerprint density at radius 1 is 1.15 bits per heavy atom. The molecule has 0 unspecified atom stereocenters. The van der Waals surface area contributed by atoms with E-state index < -0.39 is 11.9 Å². The van der Waals surface area contributed by atoms with Crippen LogP contribution in [0.4, 0.5) is 0 Å². The number of esters is 2. The molecule has 1 N–H and O–H groups in total. The summed E-state index contributed by atoms with van der Waals surface area (Å²) in [7, 11) is 2.49. The topological polar surface area (TPSA) is 94.2 Å². The summed E-state index contributed by atoms with van der Waals surface area (Å²) in [6.45, 7) is 0. The van der Waals surface area contributed by atoms with Gasteiger partial charge in [-0.05, 0) is 12.1 Å². The molecule has 0 amide bonds. The summed E-state index contributed by atoms with van der Waals surface area (Å²) in [5, 5.41) is 0.628. The Bertz CT molecular complexity index is 593. The highest BCUT2D eigenvalue weighted by atomic mass is 32.2. The predicted octanol–water partition coefficient (Wildman–Crippen LogP) is 1.53. The summed E-state index contributed by atoms with van der Waals surface area (Å²) in [5.41, 5.74) is 0.0638. The quantitative estimate of drug-likeness (QED) is 0.854. The van der Waals surface area contributed by atoms with Gasteiger partial charge in [0.15, 0.2) is 5.16 Å². The van der Waals surface area contributed by atoms with E-state index in [1.807, 2.05) is 0 Å². The molecule has 0 atom stereocenters. The molecule has 0 aliphatic heterocycles. The number of aromatic amines is 1. The van der Waals surface area contributed by atoms with Crippen molar-refractivity contribution in [3.8, 4) is 0 Å². The number of carbonyl (C=O) groups excluding carboxylic acids is 2. The van der Waals surface area contributed by atoms with E-state index in [0.29, 0.717) is 10.1 Å². The lowest BCUT2D eigenvalue weighted by atomic mass is 10.3. The number of hydrogen-bond acceptors (Lipinski definition) is 7. The molecular weight excluding hydrogens is 282 g/mol. The van der Waals surface area contributed by atoms with Gasteiger partial charge in [-0.15, -0.1) is 0 Å². The van der Waals surface area contributed by atoms with E-state index in [0.717, 1.165) is 0 Å². The summed E-state index contributed by atoms with van der Waals surface area (Å²) >= 11 is 1.26. The van der Waals surface area contributed by atoms with Crippen molar-refractivity contribution in [1.82, 2.24) is 15.0 Å². The summed E-state index contributed by atoms with van der Waals surface area (Å²) in [4.78, 5) is 34.6. The smallest absolute Gasteiger partial charge is 0.356 e. The van der Waals surface area contributed by atoms with Crippen molar-refractivity contribution in [1.29, 1.82) is 0 Å². The predicted molar refractivity (Wildman–Crippen MR) is 69.6 cm³/mol. The summed E-state index contributed by atoms with van der Waals surface area (Å²) in [5.74, 6) is -1.26. The molecule has 0 saturated heterocycles. The first-order chi connectivity index (χ1) is 9.63. The third kappa shape index (κ3) is 3.15. The van der Waals surface area contributed by atoms with E-state index in [9.17, 15) is 9.59 Å². The van der Waals surface area contributed by atoms with Gasteiger partial charge in [0.1, 0.15) is 11.4 Å². The maximum Gasteiger partial charge on any atom is 0.356 e. The molecule has 0 aliphatic rings. The molecule has 2 rings (SSSR count). The van der Waals surface area contributed by atoms with E-state index in [4.69, 9.17) is 0 Å². The van der Waals surface area contributed by atoms with Gasteiger partial charge in [0.25, 0.3) is 0 Å². The number of hydrogen-bond donors (Lipinski definition) is 1. The van der Waals surface area contributed by atoms with E-state index in [1.165, 1.54) is 38.1 Å². The number of pyridine rings is 1. The molecule has 0 aromatic carbocycles. The molecule has 0 saturated carbocycles. The fourth-order valence-electron chi connectivity index (χ4n) is 1.40. The monoisotopic (exact) mass is 293 g/mol. The molecule has 2 heterocycles. The lowest BCUT2D eigenvalue weighted by molar-refractivity contribution is 0.0585. The first kappa shape index (κ1) is 14.1. The molecule has 0 fully saturated rings. The molecule has 0 radical (unpaired) electrons. The number of H-pyrrole nitrogens is 1. The van der Waals surface area contributed by atoms with Crippen LogP contribution in [0.5, 0.6) is 0 Å². The number of methoxy groups -OCH3 is 2. The zero-order valence-corrected chi connectivity index (χ0v) is 11.6. The Hall–Kier alpha value is -2.35. The second kappa shape index (κ2) is 6.20. The Labute approximate surface area is 118 Å². The number of ether oxygens (including phenoxy) is 2. The molecule has 2 aromatic heterocycles. The average molecular weight is 293 g/mol. The number of aromatic nitrogens is 3. The summed E-state index contributed by atoms with van der Waals surface area (Å²) in [6.07, 6.45) is 3.28. The van der Waals surface area contributed by atoms with Gasteiger partial charge in [0.05, 0.1) is 14.2 Å². The van der Waals surface area contributed by atoms with Crippen molar-refractivity contribution in [2.75, 3.05) is 14.2 Å². The standard InChI is InChI=1S/C12H11N3O4S/c1-18-10(16)8-5-7(20-12-13-3-4-14-12)6-9(15-8)11(17)19-2/h3-6H,1-2H3,(H,13,14). The zero-order chi connectivity index (χ0) is 14.5. The third-order valence-electron chi connectivity index (χ3n) is 2.28. The highest BCUT2D eigenvalue weighted by Crippen LogP contribution is 2.25. The van der Waals surface area contributed by atoms with Gasteiger partial charge in [0, 0.05) is 17.3 Å². The van der Waals surface area contributed by atoms with Crippen LogP contribution in [0.25, 0.3) is 0 Å². The van der Waals surface area contributed by atoms with E-state index in [2.05, 4.69) is 24.4 Å². The lowest BCUT2D eigenvalue weighted by Crippen LogP contribution is -2.11. The first-order valence-electron chi connectivity index (χ1n) is 5.50. The Balaban J connectivity index is 2.39. The normalized spacial score (nSPS) is 10.1. The number of rotatable bonds is 4. The van der Waals surface area contributed by atoms with Gasteiger partial charge < -0.3 is 14.5 Å². The van der Waals surface area contributed by atoms with E-state index >= 15 is 0 Å². The SMILES string of the molecule is COC(=O)c1cc(Sc2ncc[nH]2)cc(C(=O)OC)n1. The zero-order valence-electron chi connectivity index (χ0n) is 10.7. The van der Waals surface area contributed by atoms with Crippen LogP contribution in [-0.2, 0) is 9.47 Å². The molecule has 0 bridgehead atoms. The maximum absolute atomic E-state index is 11.6. The fourth-order valence-corrected chi connectivity index (χ4v) is 2.21. The van der Waals surface area contributed by atoms with Gasteiger partial charge in [-0.1, -0.05) is 11.8 Å². The average Bonchev–Trinajstić information content (AvgIpc) is 2.98. The second-order valence-corrected chi connectivity index (χ2v) is 4.62. The van der Waals surface area contributed by atoms with Crippen molar-refractivity contribution in [2.45, 2.75) is 10.1 Å². The van der Waals surface area contributed by atoms with Gasteiger partial charge >= 0.3 is 11.9 Å². The van der Waals surface area contributed by atoms with Gasteiger partial charge in [-0.3, -0.25) is 0 Å². The minimum Gasteiger partial charge on any atom is -0.464 e. The van der Waals surface area contributed by atoms with Gasteiger partial charge in [0.2, 0.25) is 0 Å². The minimum atomic E-state index is -0.628. The largest absolute Gasteiger partial charge is 0.464 e. The summed E-state index contributed by atoms with van der Waals surface area (Å²) in [6, 6.07) is 3.04. The number of imidazole rings is 1. The second-order valence-electron chi connectivity index (χ2n) is 3.55. The van der Waals surface area contributed by atoms with Crippen molar-refractivity contribution >= 4 is 23.7 Å². The van der Waals surface area contributed by atoms with Crippen molar-refractivity contribution in [3.05, 3.63) is 35.9 Å². The molecule has 20 heavy (non-hydrogen) atoms. The van der Waals surface area contributed by atoms with E-state index in [1.54, 1.807) is 12.4 Å². The van der Waals surface area contributed by atoms with Gasteiger partial charge in [-0.2, -0.15) is 0 Å². The van der Waals surface area contributed by atoms with Crippen molar-refractivity contribution in [2.24, 2.45) is 0 Å². The van der Waals surface area contributed by atoms with Crippen LogP contribution in [0.15, 0.2) is 34.6 Å². The molecule has 8 heteroatoms. The number of nitrogens with one attached hydrogen (secondary N) is 1. The highest BCUT2D eigenvalue weighted by Gasteiger charge is 2.16.